The smallest absolute Gasteiger partial charge is 0.339 e. The Morgan fingerprint density at radius 2 is 2.20 bits per heavy atom. The second-order valence-corrected chi connectivity index (χ2v) is 6.78. The lowest BCUT2D eigenvalue weighted by Gasteiger charge is -2.22. The lowest BCUT2D eigenvalue weighted by atomic mass is 10.2. The molecule has 1 fully saturated rings. The number of ether oxygens (including phenoxy) is 2. The predicted molar refractivity (Wildman–Crippen MR) is 71.0 cm³/mol. The molecule has 2 rings (SSSR count). The van der Waals surface area contributed by atoms with E-state index in [4.69, 9.17) is 14.6 Å². The van der Waals surface area contributed by atoms with Gasteiger partial charge in [-0.15, -0.1) is 0 Å². The Bertz CT molecular complexity index is 601. The molecule has 0 bridgehead atoms. The summed E-state index contributed by atoms with van der Waals surface area (Å²) in [5, 5.41) is 8.48. The van der Waals surface area contributed by atoms with Crippen LogP contribution < -0.4 is 4.74 Å². The van der Waals surface area contributed by atoms with E-state index >= 15 is 0 Å². The van der Waals surface area contributed by atoms with Gasteiger partial charge in [0.15, 0.2) is 9.84 Å². The third-order valence-electron chi connectivity index (χ3n) is 3.29. The van der Waals surface area contributed by atoms with Crippen molar-refractivity contribution in [2.75, 3.05) is 20.3 Å². The van der Waals surface area contributed by atoms with Gasteiger partial charge in [-0.25, -0.2) is 13.2 Å². The molecule has 1 saturated heterocycles. The van der Waals surface area contributed by atoms with E-state index in [0.29, 0.717) is 19.4 Å². The second-order valence-electron chi connectivity index (χ2n) is 4.55. The number of methoxy groups -OCH3 is 1. The van der Waals surface area contributed by atoms with Gasteiger partial charge in [0.1, 0.15) is 11.3 Å². The molecule has 1 N–H and O–H groups in total. The van der Waals surface area contributed by atoms with Gasteiger partial charge in [-0.3, -0.25) is 0 Å². The van der Waals surface area contributed by atoms with Gasteiger partial charge in [0.25, 0.3) is 0 Å². The third kappa shape index (κ3) is 2.78. The Labute approximate surface area is 117 Å². The average molecular weight is 300 g/mol. The summed E-state index contributed by atoms with van der Waals surface area (Å²) in [6, 6.07) is 3.88. The molecular weight excluding hydrogens is 284 g/mol. The molecule has 0 aliphatic carbocycles. The van der Waals surface area contributed by atoms with Gasteiger partial charge in [0.05, 0.1) is 23.9 Å². The van der Waals surface area contributed by atoms with E-state index in [1.54, 1.807) is 0 Å². The SMILES string of the molecule is COc1ccc(S(=O)(=O)C2CCCOC2)cc1C(=O)O. The lowest BCUT2D eigenvalue weighted by molar-refractivity contribution is 0.0693. The molecule has 7 heteroatoms. The van der Waals surface area contributed by atoms with E-state index in [9.17, 15) is 13.2 Å². The summed E-state index contributed by atoms with van der Waals surface area (Å²) in [5.74, 6) is -1.09. The number of hydrogen-bond donors (Lipinski definition) is 1. The second kappa shape index (κ2) is 5.80. The molecule has 0 radical (unpaired) electrons. The molecule has 20 heavy (non-hydrogen) atoms. The molecule has 0 aromatic heterocycles. The summed E-state index contributed by atoms with van der Waals surface area (Å²) in [6.07, 6.45) is 1.21. The van der Waals surface area contributed by atoms with Crippen molar-refractivity contribution in [3.63, 3.8) is 0 Å². The molecule has 110 valence electrons. The molecule has 1 aromatic carbocycles. The van der Waals surface area contributed by atoms with Crippen LogP contribution >= 0.6 is 0 Å². The first-order chi connectivity index (χ1) is 9.46. The Hall–Kier alpha value is -1.60. The van der Waals surface area contributed by atoms with Crippen LogP contribution in [0.3, 0.4) is 0 Å². The van der Waals surface area contributed by atoms with Crippen LogP contribution in [0.25, 0.3) is 0 Å². The molecule has 0 spiro atoms. The van der Waals surface area contributed by atoms with Crippen LogP contribution in [0, 0.1) is 0 Å². The number of hydrogen-bond acceptors (Lipinski definition) is 5. The number of aromatic carboxylic acids is 1. The minimum absolute atomic E-state index is 0.00815. The summed E-state index contributed by atoms with van der Waals surface area (Å²) >= 11 is 0. The molecular formula is C13H16O6S. The minimum Gasteiger partial charge on any atom is -0.496 e. The molecule has 1 aliphatic heterocycles. The van der Waals surface area contributed by atoms with Gasteiger partial charge >= 0.3 is 5.97 Å². The maximum absolute atomic E-state index is 12.4. The zero-order valence-electron chi connectivity index (χ0n) is 11.0. The number of sulfone groups is 1. The first-order valence-electron chi connectivity index (χ1n) is 6.20. The largest absolute Gasteiger partial charge is 0.496 e. The lowest BCUT2D eigenvalue weighted by Crippen LogP contribution is -2.31. The summed E-state index contributed by atoms with van der Waals surface area (Å²) in [4.78, 5) is 11.1. The molecule has 6 nitrogen and oxygen atoms in total. The van der Waals surface area contributed by atoms with Crippen LogP contribution in [0.5, 0.6) is 5.75 Å². The van der Waals surface area contributed by atoms with E-state index in [1.165, 1.54) is 19.2 Å². The molecule has 1 unspecified atom stereocenters. The van der Waals surface area contributed by atoms with Gasteiger partial charge in [-0.1, -0.05) is 0 Å². The molecule has 1 aromatic rings. The zero-order chi connectivity index (χ0) is 14.8. The van der Waals surface area contributed by atoms with Crippen LogP contribution in [-0.4, -0.2) is 45.1 Å². The summed E-state index contributed by atoms with van der Waals surface area (Å²) in [7, 11) is -2.25. The van der Waals surface area contributed by atoms with E-state index < -0.39 is 21.1 Å². The van der Waals surface area contributed by atoms with Crippen molar-refractivity contribution in [1.82, 2.24) is 0 Å². The van der Waals surface area contributed by atoms with Crippen LogP contribution in [0.2, 0.25) is 0 Å². The van der Waals surface area contributed by atoms with E-state index in [-0.39, 0.29) is 22.8 Å². The zero-order valence-corrected chi connectivity index (χ0v) is 11.9. The van der Waals surface area contributed by atoms with Gasteiger partial charge in [0, 0.05) is 6.61 Å². The minimum atomic E-state index is -3.59. The van der Waals surface area contributed by atoms with Crippen molar-refractivity contribution < 1.29 is 27.8 Å². The highest BCUT2D eigenvalue weighted by atomic mass is 32.2. The number of carbonyl (C=O) groups is 1. The highest BCUT2D eigenvalue weighted by molar-refractivity contribution is 7.92. The summed E-state index contributed by atoms with van der Waals surface area (Å²) in [5.41, 5.74) is -0.162. The first kappa shape index (κ1) is 14.8. The van der Waals surface area contributed by atoms with Gasteiger partial charge in [0.2, 0.25) is 0 Å². The molecule has 0 amide bonds. The Morgan fingerprint density at radius 1 is 1.45 bits per heavy atom. The Balaban J connectivity index is 2.41. The van der Waals surface area contributed by atoms with Crippen molar-refractivity contribution in [3.05, 3.63) is 23.8 Å². The average Bonchev–Trinajstić information content (AvgIpc) is 2.47. The summed E-state index contributed by atoms with van der Waals surface area (Å²) < 4.78 is 35.0. The fourth-order valence-electron chi connectivity index (χ4n) is 2.18. The molecule has 1 heterocycles. The van der Waals surface area contributed by atoms with Crippen molar-refractivity contribution in [2.45, 2.75) is 23.0 Å². The fraction of sp³-hybridized carbons (Fsp3) is 0.462. The van der Waals surface area contributed by atoms with Crippen LogP contribution in [0.15, 0.2) is 23.1 Å². The van der Waals surface area contributed by atoms with Crippen molar-refractivity contribution in [2.24, 2.45) is 0 Å². The van der Waals surface area contributed by atoms with Crippen molar-refractivity contribution >= 4 is 15.8 Å². The van der Waals surface area contributed by atoms with E-state index in [1.807, 2.05) is 0 Å². The third-order valence-corrected chi connectivity index (χ3v) is 5.45. The standard InChI is InChI=1S/C13H16O6S/c1-18-12-5-4-9(7-11(12)13(14)15)20(16,17)10-3-2-6-19-8-10/h4-5,7,10H,2-3,6,8H2,1H3,(H,14,15). The topological polar surface area (TPSA) is 89.9 Å². The van der Waals surface area contributed by atoms with Crippen molar-refractivity contribution in [3.8, 4) is 5.75 Å². The normalized spacial score (nSPS) is 19.6. The number of carboxylic acid groups (broad SMARTS) is 1. The Kier molecular flexibility index (Phi) is 4.29. The molecule has 1 aliphatic rings. The van der Waals surface area contributed by atoms with Gasteiger partial charge < -0.3 is 14.6 Å². The Morgan fingerprint density at radius 3 is 2.75 bits per heavy atom. The van der Waals surface area contributed by atoms with Crippen LogP contribution in [0.1, 0.15) is 23.2 Å². The fourth-order valence-corrected chi connectivity index (χ4v) is 3.86. The molecule has 0 saturated carbocycles. The number of carboxylic acids is 1. The van der Waals surface area contributed by atoms with Crippen molar-refractivity contribution in [1.29, 1.82) is 0 Å². The first-order valence-corrected chi connectivity index (χ1v) is 7.74. The highest BCUT2D eigenvalue weighted by Gasteiger charge is 2.30. The number of rotatable bonds is 4. The summed E-state index contributed by atoms with van der Waals surface area (Å²) in [6.45, 7) is 0.714. The van der Waals surface area contributed by atoms with Crippen LogP contribution in [-0.2, 0) is 14.6 Å². The van der Waals surface area contributed by atoms with Gasteiger partial charge in [-0.2, -0.15) is 0 Å². The maximum Gasteiger partial charge on any atom is 0.339 e. The van der Waals surface area contributed by atoms with E-state index in [0.717, 1.165) is 6.07 Å². The van der Waals surface area contributed by atoms with Crippen LogP contribution in [0.4, 0.5) is 0 Å². The van der Waals surface area contributed by atoms with E-state index in [2.05, 4.69) is 0 Å². The maximum atomic E-state index is 12.4. The predicted octanol–water partition coefficient (Wildman–Crippen LogP) is 1.35. The molecule has 1 atom stereocenters. The van der Waals surface area contributed by atoms with Gasteiger partial charge in [-0.05, 0) is 31.0 Å². The highest BCUT2D eigenvalue weighted by Crippen LogP contribution is 2.27. The monoisotopic (exact) mass is 300 g/mol. The number of benzene rings is 1. The quantitative estimate of drug-likeness (QED) is 0.902.